The molecular formula is C19H15Yb-. The molecule has 0 aliphatic heterocycles. The van der Waals surface area contributed by atoms with Gasteiger partial charge in [0.1, 0.15) is 0 Å². The third kappa shape index (κ3) is 3.57. The summed E-state index contributed by atoms with van der Waals surface area (Å²) in [5, 5.41) is 0. The van der Waals surface area contributed by atoms with E-state index in [1.807, 2.05) is 0 Å². The third-order valence-electron chi connectivity index (χ3n) is 3.19. The quantitative estimate of drug-likeness (QED) is 0.429. The summed E-state index contributed by atoms with van der Waals surface area (Å²) < 4.78 is 0. The van der Waals surface area contributed by atoms with Crippen LogP contribution in [0.5, 0.6) is 0 Å². The van der Waals surface area contributed by atoms with Crippen molar-refractivity contribution in [1.82, 2.24) is 0 Å². The largest absolute Gasteiger partial charge is 0.0999 e. The zero-order chi connectivity index (χ0) is 12.9. The fourth-order valence-electron chi connectivity index (χ4n) is 2.31. The molecular weight excluding hydrogens is 401 g/mol. The molecule has 0 aliphatic rings. The minimum Gasteiger partial charge on any atom is -0.0999 e. The molecule has 0 amide bonds. The molecule has 0 bridgehead atoms. The molecule has 0 aromatic heterocycles. The van der Waals surface area contributed by atoms with Crippen LogP contribution in [0.1, 0.15) is 16.7 Å². The number of hydrogen-bond donors (Lipinski definition) is 0. The average Bonchev–Trinajstić information content (AvgIpc) is 2.51. The van der Waals surface area contributed by atoms with Gasteiger partial charge in [-0.1, -0.05) is 114 Å². The number of rotatable bonds is 3. The Hall–Kier alpha value is -0.951. The van der Waals surface area contributed by atoms with Gasteiger partial charge in [-0.15, -0.1) is 0 Å². The molecule has 0 unspecified atom stereocenters. The molecule has 106 valence electrons. The molecule has 1 heteroatoms. The van der Waals surface area contributed by atoms with Crippen LogP contribution in [-0.4, -0.2) is 0 Å². The van der Waals surface area contributed by atoms with Crippen molar-refractivity contribution in [2.75, 3.05) is 0 Å². The predicted molar refractivity (Wildman–Crippen MR) is 79.9 cm³/mol. The van der Waals surface area contributed by atoms with E-state index in [4.69, 9.17) is 0 Å². The van der Waals surface area contributed by atoms with Gasteiger partial charge in [-0.2, -0.15) is 0 Å². The summed E-state index contributed by atoms with van der Waals surface area (Å²) in [6.45, 7) is 0. The van der Waals surface area contributed by atoms with Crippen molar-refractivity contribution in [3.8, 4) is 0 Å². The second-order valence-electron chi connectivity index (χ2n) is 4.47. The van der Waals surface area contributed by atoms with Crippen molar-refractivity contribution >= 4 is 0 Å². The molecule has 3 aromatic carbocycles. The zero-order valence-corrected chi connectivity index (χ0v) is 12.6. The molecule has 0 aliphatic carbocycles. The smallest absolute Gasteiger partial charge is 0 e. The molecule has 0 saturated carbocycles. The third-order valence-corrected chi connectivity index (χ3v) is 3.19. The van der Waals surface area contributed by atoms with Crippen molar-refractivity contribution in [1.29, 1.82) is 0 Å². The maximum absolute atomic E-state index is 2.16. The molecule has 0 fully saturated rings. The van der Waals surface area contributed by atoms with Crippen LogP contribution in [0, 0.1) is 52.8 Å². The Kier molecular flexibility index (Phi) is 5.97. The van der Waals surface area contributed by atoms with Gasteiger partial charge in [-0.05, 0) is 0 Å². The van der Waals surface area contributed by atoms with Crippen molar-refractivity contribution in [3.63, 3.8) is 0 Å². The molecule has 0 radical (unpaired) electrons. The fourth-order valence-corrected chi connectivity index (χ4v) is 2.31. The van der Waals surface area contributed by atoms with E-state index >= 15 is 0 Å². The SMILES string of the molecule is [Yb].c1ccc([C-](c2ccccc2)c2ccccc2)cc1. The van der Waals surface area contributed by atoms with Gasteiger partial charge in [0.05, 0.1) is 0 Å². The molecule has 3 rings (SSSR count). The maximum atomic E-state index is 2.16. The van der Waals surface area contributed by atoms with Gasteiger partial charge in [0.15, 0.2) is 0 Å². The number of benzene rings is 3. The molecule has 0 N–H and O–H groups in total. The van der Waals surface area contributed by atoms with Crippen LogP contribution in [0.3, 0.4) is 0 Å². The van der Waals surface area contributed by atoms with Crippen LogP contribution < -0.4 is 0 Å². The Morgan fingerprint density at radius 2 is 0.650 bits per heavy atom. The summed E-state index contributed by atoms with van der Waals surface area (Å²) in [6.07, 6.45) is 0. The first-order chi connectivity index (χ1) is 9.45. The van der Waals surface area contributed by atoms with Gasteiger partial charge in [-0.25, -0.2) is 0 Å². The Labute approximate surface area is 159 Å². The van der Waals surface area contributed by atoms with E-state index < -0.39 is 0 Å². The summed E-state index contributed by atoms with van der Waals surface area (Å²) >= 11 is 0. The van der Waals surface area contributed by atoms with Crippen LogP contribution in [0.15, 0.2) is 91.0 Å². The number of hydrogen-bond acceptors (Lipinski definition) is 0. The average molecular weight is 416 g/mol. The second-order valence-corrected chi connectivity index (χ2v) is 4.47. The molecule has 0 saturated heterocycles. The first-order valence-corrected chi connectivity index (χ1v) is 6.48. The topological polar surface area (TPSA) is 0 Å². The van der Waals surface area contributed by atoms with E-state index in [2.05, 4.69) is 91.0 Å². The molecule has 0 heterocycles. The minimum absolute atomic E-state index is 0. The van der Waals surface area contributed by atoms with Gasteiger partial charge in [0, 0.05) is 46.9 Å². The van der Waals surface area contributed by atoms with Gasteiger partial charge in [0.25, 0.3) is 0 Å². The van der Waals surface area contributed by atoms with Gasteiger partial charge >= 0.3 is 0 Å². The Bertz CT molecular complexity index is 524. The van der Waals surface area contributed by atoms with E-state index in [1.54, 1.807) is 0 Å². The van der Waals surface area contributed by atoms with Crippen molar-refractivity contribution in [2.45, 2.75) is 0 Å². The molecule has 3 aromatic rings. The molecule has 0 nitrogen and oxygen atoms in total. The van der Waals surface area contributed by atoms with E-state index in [1.165, 1.54) is 22.6 Å². The maximum Gasteiger partial charge on any atom is 0 e. The summed E-state index contributed by atoms with van der Waals surface area (Å²) in [7, 11) is 0. The van der Waals surface area contributed by atoms with Crippen LogP contribution >= 0.6 is 0 Å². The Balaban J connectivity index is 0.00000147. The summed E-state index contributed by atoms with van der Waals surface area (Å²) in [5.74, 6) is 1.28. The van der Waals surface area contributed by atoms with E-state index in [9.17, 15) is 0 Å². The monoisotopic (exact) mass is 417 g/mol. The van der Waals surface area contributed by atoms with Crippen molar-refractivity contribution in [3.05, 3.63) is 114 Å². The van der Waals surface area contributed by atoms with Crippen LogP contribution in [0.4, 0.5) is 0 Å². The molecule has 0 spiro atoms. The van der Waals surface area contributed by atoms with E-state index in [0.717, 1.165) is 0 Å². The molecule has 20 heavy (non-hydrogen) atoms. The second kappa shape index (κ2) is 7.73. The van der Waals surface area contributed by atoms with E-state index in [0.29, 0.717) is 0 Å². The summed E-state index contributed by atoms with van der Waals surface area (Å²) in [5.41, 5.74) is 3.75. The van der Waals surface area contributed by atoms with Crippen molar-refractivity contribution < 1.29 is 46.9 Å². The molecule has 0 atom stereocenters. The normalized spacial score (nSPS) is 9.60. The summed E-state index contributed by atoms with van der Waals surface area (Å²) in [4.78, 5) is 0. The summed E-state index contributed by atoms with van der Waals surface area (Å²) in [6, 6.07) is 31.6. The van der Waals surface area contributed by atoms with Gasteiger partial charge in [0.2, 0.25) is 0 Å². The van der Waals surface area contributed by atoms with Crippen molar-refractivity contribution in [2.24, 2.45) is 0 Å². The first kappa shape index (κ1) is 15.4. The predicted octanol–water partition coefficient (Wildman–Crippen LogP) is 4.71. The minimum atomic E-state index is 0. The van der Waals surface area contributed by atoms with Crippen LogP contribution in [0.25, 0.3) is 0 Å². The Morgan fingerprint density at radius 3 is 0.900 bits per heavy atom. The fraction of sp³-hybridized carbons (Fsp3) is 0. The van der Waals surface area contributed by atoms with Gasteiger partial charge in [-0.3, -0.25) is 0 Å². The van der Waals surface area contributed by atoms with Crippen LogP contribution in [0.2, 0.25) is 0 Å². The van der Waals surface area contributed by atoms with E-state index in [-0.39, 0.29) is 46.9 Å². The Morgan fingerprint density at radius 1 is 0.400 bits per heavy atom. The zero-order valence-electron chi connectivity index (χ0n) is 10.9. The van der Waals surface area contributed by atoms with Crippen LogP contribution in [-0.2, 0) is 0 Å². The standard InChI is InChI=1S/C19H15.Yb/c1-4-10-16(11-5-1)19(17-12-6-2-7-13-17)18-14-8-3-9-15-18;/h1-15H;/q-1;. The van der Waals surface area contributed by atoms with Gasteiger partial charge < -0.3 is 0 Å². The first-order valence-electron chi connectivity index (χ1n) is 6.48.